The summed E-state index contributed by atoms with van der Waals surface area (Å²) in [5.74, 6) is 2.57. The van der Waals surface area contributed by atoms with Crippen LogP contribution in [0.5, 0.6) is 5.75 Å². The van der Waals surface area contributed by atoms with Gasteiger partial charge >= 0.3 is 0 Å². The molecule has 0 aliphatic carbocycles. The van der Waals surface area contributed by atoms with Gasteiger partial charge in [-0.05, 0) is 31.9 Å². The summed E-state index contributed by atoms with van der Waals surface area (Å²) in [5, 5.41) is 10.8. The lowest BCUT2D eigenvalue weighted by Gasteiger charge is -2.19. The maximum atomic E-state index is 5.99. The molecule has 27 heavy (non-hydrogen) atoms. The van der Waals surface area contributed by atoms with Crippen molar-refractivity contribution in [1.82, 2.24) is 15.8 Å². The number of hydrogen-bond acceptors (Lipinski definition) is 4. The number of ether oxygens (including phenoxy) is 1. The van der Waals surface area contributed by atoms with E-state index in [2.05, 4.69) is 34.6 Å². The molecule has 150 valence electrons. The molecule has 1 aromatic heterocycles. The molecule has 0 aliphatic rings. The van der Waals surface area contributed by atoms with Crippen molar-refractivity contribution in [2.75, 3.05) is 13.6 Å². The predicted molar refractivity (Wildman–Crippen MR) is 120 cm³/mol. The first-order valence-electron chi connectivity index (χ1n) is 9.22. The largest absolute Gasteiger partial charge is 0.489 e. The lowest BCUT2D eigenvalue weighted by Crippen LogP contribution is -2.41. The topological polar surface area (TPSA) is 71.7 Å². The first kappa shape index (κ1) is 23.3. The van der Waals surface area contributed by atoms with Gasteiger partial charge in [0.25, 0.3) is 0 Å². The van der Waals surface area contributed by atoms with E-state index in [9.17, 15) is 0 Å². The van der Waals surface area contributed by atoms with Crippen LogP contribution in [0.25, 0.3) is 0 Å². The van der Waals surface area contributed by atoms with Crippen molar-refractivity contribution >= 4 is 29.9 Å². The van der Waals surface area contributed by atoms with Gasteiger partial charge in [0.2, 0.25) is 0 Å². The molecule has 1 heterocycles. The zero-order valence-electron chi connectivity index (χ0n) is 16.8. The lowest BCUT2D eigenvalue weighted by atomic mass is 10.1. The molecule has 0 amide bonds. The molecule has 7 heteroatoms. The number of nitrogens with zero attached hydrogens (tertiary/aromatic N) is 2. The van der Waals surface area contributed by atoms with Gasteiger partial charge in [0.15, 0.2) is 5.96 Å². The number of para-hydroxylation sites is 1. The second-order valence-electron chi connectivity index (χ2n) is 6.24. The second kappa shape index (κ2) is 11.8. The zero-order chi connectivity index (χ0) is 18.9. The number of rotatable bonds is 8. The van der Waals surface area contributed by atoms with Crippen molar-refractivity contribution < 1.29 is 9.26 Å². The highest BCUT2D eigenvalue weighted by Gasteiger charge is 2.14. The summed E-state index contributed by atoms with van der Waals surface area (Å²) < 4.78 is 11.4. The lowest BCUT2D eigenvalue weighted by molar-refractivity contribution is 0.222. The van der Waals surface area contributed by atoms with E-state index in [4.69, 9.17) is 9.26 Å². The Morgan fingerprint density at radius 3 is 2.59 bits per heavy atom. The minimum atomic E-state index is 0. The number of aromatic nitrogens is 1. The summed E-state index contributed by atoms with van der Waals surface area (Å²) in [6, 6.07) is 8.03. The van der Waals surface area contributed by atoms with Gasteiger partial charge < -0.3 is 19.9 Å². The van der Waals surface area contributed by atoms with Crippen LogP contribution in [0.3, 0.4) is 0 Å². The van der Waals surface area contributed by atoms with Gasteiger partial charge in [-0.2, -0.15) is 0 Å². The van der Waals surface area contributed by atoms with E-state index in [0.717, 1.165) is 47.1 Å². The fourth-order valence-corrected chi connectivity index (χ4v) is 2.72. The summed E-state index contributed by atoms with van der Waals surface area (Å²) in [7, 11) is 1.76. The van der Waals surface area contributed by atoms with E-state index in [1.165, 1.54) is 0 Å². The zero-order valence-corrected chi connectivity index (χ0v) is 19.2. The highest BCUT2D eigenvalue weighted by atomic mass is 127. The molecular formula is C20H31IN4O2. The molecule has 0 saturated carbocycles. The number of hydrogen-bond donors (Lipinski definition) is 2. The maximum Gasteiger partial charge on any atom is 0.191 e. The van der Waals surface area contributed by atoms with Crippen LogP contribution < -0.4 is 15.4 Å². The average molecular weight is 486 g/mol. The number of guanidine groups is 1. The molecule has 2 rings (SSSR count). The second-order valence-corrected chi connectivity index (χ2v) is 6.24. The van der Waals surface area contributed by atoms with Gasteiger partial charge in [-0.3, -0.25) is 4.99 Å². The molecule has 0 aliphatic heterocycles. The molecule has 0 fully saturated rings. The third-order valence-electron chi connectivity index (χ3n) is 4.24. The summed E-state index contributed by atoms with van der Waals surface area (Å²) in [6.07, 6.45) is 1.70. The van der Waals surface area contributed by atoms with Crippen molar-refractivity contribution in [1.29, 1.82) is 0 Å². The van der Waals surface area contributed by atoms with Gasteiger partial charge in [-0.15, -0.1) is 24.0 Å². The summed E-state index contributed by atoms with van der Waals surface area (Å²) in [6.45, 7) is 9.53. The Labute approximate surface area is 179 Å². The third-order valence-corrected chi connectivity index (χ3v) is 4.24. The average Bonchev–Trinajstić information content (AvgIpc) is 3.05. The molecule has 2 N–H and O–H groups in total. The minimum Gasteiger partial charge on any atom is -0.489 e. The van der Waals surface area contributed by atoms with E-state index >= 15 is 0 Å². The van der Waals surface area contributed by atoms with Crippen molar-refractivity contribution in [3.63, 3.8) is 0 Å². The van der Waals surface area contributed by atoms with Crippen LogP contribution in [0.4, 0.5) is 0 Å². The molecule has 6 nitrogen and oxygen atoms in total. The molecule has 2 aromatic rings. The van der Waals surface area contributed by atoms with Crippen LogP contribution in [-0.2, 0) is 19.4 Å². The molecule has 0 saturated heterocycles. The fourth-order valence-electron chi connectivity index (χ4n) is 2.72. The van der Waals surface area contributed by atoms with E-state index in [1.54, 1.807) is 7.05 Å². The van der Waals surface area contributed by atoms with Crippen LogP contribution in [0, 0.1) is 6.92 Å². The normalized spacial score (nSPS) is 12.3. The Balaban J connectivity index is 0.00000364. The fraction of sp³-hybridized carbons (Fsp3) is 0.500. The van der Waals surface area contributed by atoms with Crippen molar-refractivity contribution in [3.05, 3.63) is 46.8 Å². The Bertz CT molecular complexity index is 709. The summed E-state index contributed by atoms with van der Waals surface area (Å²) >= 11 is 0. The highest BCUT2D eigenvalue weighted by molar-refractivity contribution is 14.0. The number of halogens is 1. The molecular weight excluding hydrogens is 455 g/mol. The molecule has 1 atom stereocenters. The maximum absolute atomic E-state index is 5.99. The van der Waals surface area contributed by atoms with Gasteiger partial charge in [-0.25, -0.2) is 0 Å². The van der Waals surface area contributed by atoms with Gasteiger partial charge in [0.05, 0.1) is 12.2 Å². The number of aryl methyl sites for hydroxylation is 3. The van der Waals surface area contributed by atoms with Crippen LogP contribution >= 0.6 is 24.0 Å². The Kier molecular flexibility index (Phi) is 10.2. The third kappa shape index (κ3) is 6.71. The summed E-state index contributed by atoms with van der Waals surface area (Å²) in [4.78, 5) is 4.28. The minimum absolute atomic E-state index is 0. The standard InChI is InChI=1S/C20H30N4O2.HI/c1-6-17-16(18(7-2)26-24-17)13-23-20(21-5)22-12-15(4)25-19-11-9-8-10-14(19)3;/h8-11,15H,6-7,12-13H2,1-5H3,(H2,21,22,23);1H. The van der Waals surface area contributed by atoms with Gasteiger partial charge in [-0.1, -0.05) is 37.2 Å². The summed E-state index contributed by atoms with van der Waals surface area (Å²) in [5.41, 5.74) is 3.26. The van der Waals surface area contributed by atoms with Crippen molar-refractivity contribution in [2.24, 2.45) is 4.99 Å². The van der Waals surface area contributed by atoms with Crippen molar-refractivity contribution in [3.8, 4) is 5.75 Å². The van der Waals surface area contributed by atoms with Gasteiger partial charge in [0.1, 0.15) is 17.6 Å². The molecule has 1 aromatic carbocycles. The first-order chi connectivity index (χ1) is 12.6. The van der Waals surface area contributed by atoms with Crippen molar-refractivity contribution in [2.45, 2.75) is 53.2 Å². The SMILES string of the molecule is CCc1noc(CC)c1CNC(=NC)NCC(C)Oc1ccccc1C.I. The predicted octanol–water partition coefficient (Wildman–Crippen LogP) is 3.86. The Morgan fingerprint density at radius 1 is 1.22 bits per heavy atom. The van der Waals surface area contributed by atoms with Crippen LogP contribution in [0.15, 0.2) is 33.8 Å². The van der Waals surface area contributed by atoms with Gasteiger partial charge in [0, 0.05) is 25.6 Å². The number of aliphatic imine (C=N–C) groups is 1. The van der Waals surface area contributed by atoms with Crippen LogP contribution in [0.1, 0.15) is 43.4 Å². The number of benzene rings is 1. The molecule has 0 radical (unpaired) electrons. The highest BCUT2D eigenvalue weighted by Crippen LogP contribution is 2.17. The quantitative estimate of drug-likeness (QED) is 0.337. The van der Waals surface area contributed by atoms with E-state index in [1.807, 2.05) is 38.1 Å². The number of nitrogens with one attached hydrogen (secondary N) is 2. The monoisotopic (exact) mass is 486 g/mol. The van der Waals surface area contributed by atoms with E-state index < -0.39 is 0 Å². The smallest absolute Gasteiger partial charge is 0.191 e. The Hall–Kier alpha value is -1.77. The van der Waals surface area contributed by atoms with E-state index in [0.29, 0.717) is 13.1 Å². The molecule has 0 spiro atoms. The van der Waals surface area contributed by atoms with Crippen LogP contribution in [0.2, 0.25) is 0 Å². The Morgan fingerprint density at radius 2 is 1.96 bits per heavy atom. The van der Waals surface area contributed by atoms with Crippen LogP contribution in [-0.4, -0.2) is 30.8 Å². The molecule has 1 unspecified atom stereocenters. The van der Waals surface area contributed by atoms with E-state index in [-0.39, 0.29) is 30.1 Å². The molecule has 0 bridgehead atoms. The first-order valence-corrected chi connectivity index (χ1v) is 9.22.